The second kappa shape index (κ2) is 32.9. The van der Waals surface area contributed by atoms with Crippen molar-refractivity contribution in [1.29, 1.82) is 0 Å². The van der Waals surface area contributed by atoms with Gasteiger partial charge in [0.2, 0.25) is 65.0 Å². The molecule has 0 spiro atoms. The summed E-state index contributed by atoms with van der Waals surface area (Å²) in [5.74, 6) is -10.0. The lowest BCUT2D eigenvalue weighted by atomic mass is 9.97. The van der Waals surface area contributed by atoms with Crippen molar-refractivity contribution in [2.75, 3.05) is 31.1 Å². The summed E-state index contributed by atoms with van der Waals surface area (Å²) >= 11 is 8.38. The van der Waals surface area contributed by atoms with Crippen LogP contribution in [0, 0.1) is 0 Å². The monoisotopic (exact) mass is 1110 g/mol. The third-order valence-electron chi connectivity index (χ3n) is 12.3. The highest BCUT2D eigenvalue weighted by molar-refractivity contribution is 7.80. The van der Waals surface area contributed by atoms with Crippen LogP contribution >= 0.6 is 25.3 Å². The molecule has 28 heteroatoms. The van der Waals surface area contributed by atoms with Crippen LogP contribution in [-0.2, 0) is 72.0 Å². The molecule has 2 aromatic carbocycles. The lowest BCUT2D eigenvalue weighted by Crippen LogP contribution is -2.61. The first-order chi connectivity index (χ1) is 36.6. The number of nitrogens with zero attached hydrogens (tertiary/aromatic N) is 2. The molecule has 1 aliphatic heterocycles. The molecule has 26 nitrogen and oxygen atoms in total. The Balaban J connectivity index is 1.87. The van der Waals surface area contributed by atoms with E-state index in [4.69, 9.17) is 34.4 Å². The quantitative estimate of drug-likeness (QED) is 0.0138. The zero-order chi connectivity index (χ0) is 57.2. The first kappa shape index (κ1) is 63.8. The van der Waals surface area contributed by atoms with E-state index < -0.39 is 139 Å². The fraction of sp³-hybridized carbons (Fsp3) is 0.510. The summed E-state index contributed by atoms with van der Waals surface area (Å²) in [6.45, 7) is 1.72. The maximum Gasteiger partial charge on any atom is 0.246 e. The van der Waals surface area contributed by atoms with Crippen molar-refractivity contribution in [1.82, 2.24) is 42.1 Å². The number of hydrogen-bond acceptors (Lipinski definition) is 15. The number of aryl methyl sites for hydroxylation is 1. The molecular weight excluding hydrogens is 1040 g/mol. The minimum atomic E-state index is -1.79. The van der Waals surface area contributed by atoms with Gasteiger partial charge in [-0.2, -0.15) is 25.3 Å². The molecule has 1 saturated heterocycles. The van der Waals surface area contributed by atoms with Crippen molar-refractivity contribution in [2.45, 2.75) is 126 Å². The number of amides is 11. The zero-order valence-electron chi connectivity index (χ0n) is 42.9. The molecule has 0 unspecified atom stereocenters. The topological polar surface area (TPSA) is 444 Å². The largest absolute Gasteiger partial charge is 0.370 e. The minimum Gasteiger partial charge on any atom is -0.370 e. The molecule has 422 valence electrons. The van der Waals surface area contributed by atoms with E-state index in [-0.39, 0.29) is 56.2 Å². The van der Waals surface area contributed by atoms with Crippen LogP contribution in [-0.4, -0.2) is 155 Å². The van der Waals surface area contributed by atoms with Crippen LogP contribution in [0.15, 0.2) is 59.6 Å². The number of carbonyl (C=O) groups excluding carboxylic acids is 11. The van der Waals surface area contributed by atoms with Crippen molar-refractivity contribution in [3.8, 4) is 0 Å². The molecule has 1 heterocycles. The number of aliphatic imine (C=N–C) groups is 1. The molecule has 1 aliphatic rings. The fourth-order valence-electron chi connectivity index (χ4n) is 8.20. The molecule has 0 aliphatic carbocycles. The molecule has 11 amide bonds. The number of guanidine groups is 1. The predicted molar refractivity (Wildman–Crippen MR) is 291 cm³/mol. The Morgan fingerprint density at radius 1 is 0.610 bits per heavy atom. The number of hydrogen-bond donors (Lipinski definition) is 15. The molecule has 2 aromatic rings. The van der Waals surface area contributed by atoms with Crippen molar-refractivity contribution < 1.29 is 52.7 Å². The van der Waals surface area contributed by atoms with E-state index in [1.165, 1.54) is 4.90 Å². The van der Waals surface area contributed by atoms with Crippen molar-refractivity contribution >= 4 is 96.2 Å². The summed E-state index contributed by atoms with van der Waals surface area (Å²) in [4.78, 5) is 152. The zero-order valence-corrected chi connectivity index (χ0v) is 44.7. The molecule has 77 heavy (non-hydrogen) atoms. The van der Waals surface area contributed by atoms with Crippen LogP contribution < -0.4 is 71.6 Å². The number of likely N-dealkylation sites (tertiary alicyclic amines) is 1. The van der Waals surface area contributed by atoms with E-state index in [1.54, 1.807) is 42.5 Å². The maximum absolute atomic E-state index is 14.4. The Bertz CT molecular complexity index is 2430. The summed E-state index contributed by atoms with van der Waals surface area (Å²) in [6.07, 6.45) is 0.178. The van der Waals surface area contributed by atoms with Gasteiger partial charge >= 0.3 is 0 Å². The van der Waals surface area contributed by atoms with Crippen molar-refractivity contribution in [2.24, 2.45) is 39.4 Å². The van der Waals surface area contributed by atoms with Crippen LogP contribution in [0.1, 0.15) is 75.0 Å². The standard InChI is InChI=1S/C49H73N15O11S2/c1-2-28-13-6-7-14-29(28)22-34(60-41(68)30(50)25-76)45(72)61-33(21-27-11-4-3-5-12-27)44(71)58-32(17-18-38(51)65)43(70)62-35(23-39(52)66)46(73)63-36(26-77)48(75)64-20-10-16-37(64)47(74)59-31(42(69)57-24-40(53)67)15-8-9-19-56-49(54)55/h3-7,11-14,30-37,76-77H,2,8-10,15-26,50H2,1H3,(H2,51,65)(H2,52,66)(H2,53,67)(H,57,69)(H,58,71)(H,59,74)(H,60,68)(H,61,72)(H,62,70)(H,63,73)(H4,54,55,56)/t30-,31+,32-,33-,34+,35-,36-,37-/m0/s1. The van der Waals surface area contributed by atoms with Gasteiger partial charge in [-0.3, -0.25) is 57.7 Å². The number of rotatable bonds is 33. The van der Waals surface area contributed by atoms with Crippen LogP contribution in [0.25, 0.3) is 0 Å². The first-order valence-corrected chi connectivity index (χ1v) is 26.2. The summed E-state index contributed by atoms with van der Waals surface area (Å²) < 4.78 is 0. The van der Waals surface area contributed by atoms with Gasteiger partial charge in [0.1, 0.15) is 42.3 Å². The number of nitrogens with one attached hydrogen (secondary N) is 7. The minimum absolute atomic E-state index is 0.00680. The van der Waals surface area contributed by atoms with Gasteiger partial charge in [-0.05, 0) is 61.6 Å². The number of thiol groups is 2. The van der Waals surface area contributed by atoms with Gasteiger partial charge in [0, 0.05) is 43.9 Å². The Labute approximate surface area is 457 Å². The summed E-state index contributed by atoms with van der Waals surface area (Å²) in [5, 5.41) is 17.7. The van der Waals surface area contributed by atoms with Gasteiger partial charge in [0.05, 0.1) is 19.0 Å². The Morgan fingerprint density at radius 3 is 1.77 bits per heavy atom. The van der Waals surface area contributed by atoms with E-state index in [0.717, 1.165) is 11.1 Å². The fourth-order valence-corrected chi connectivity index (χ4v) is 8.61. The van der Waals surface area contributed by atoms with Crippen LogP contribution in [0.2, 0.25) is 0 Å². The van der Waals surface area contributed by atoms with Crippen molar-refractivity contribution in [3.05, 3.63) is 71.3 Å². The van der Waals surface area contributed by atoms with E-state index >= 15 is 0 Å². The van der Waals surface area contributed by atoms with Crippen LogP contribution in [0.3, 0.4) is 0 Å². The van der Waals surface area contributed by atoms with Gasteiger partial charge in [-0.25, -0.2) is 0 Å². The normalized spacial score (nSPS) is 15.6. The van der Waals surface area contributed by atoms with Gasteiger partial charge in [-0.15, -0.1) is 0 Å². The van der Waals surface area contributed by atoms with Crippen LogP contribution in [0.5, 0.6) is 0 Å². The number of benzene rings is 2. The van der Waals surface area contributed by atoms with Gasteiger partial charge < -0.3 is 76.5 Å². The van der Waals surface area contributed by atoms with E-state index in [1.807, 2.05) is 19.1 Å². The van der Waals surface area contributed by atoms with Gasteiger partial charge in [0.25, 0.3) is 0 Å². The van der Waals surface area contributed by atoms with Gasteiger partial charge in [0.15, 0.2) is 5.96 Å². The average molecular weight is 1110 g/mol. The molecule has 3 rings (SSSR count). The van der Waals surface area contributed by atoms with Gasteiger partial charge in [-0.1, -0.05) is 61.5 Å². The highest BCUT2D eigenvalue weighted by Crippen LogP contribution is 2.20. The van der Waals surface area contributed by atoms with E-state index in [2.05, 4.69) is 67.5 Å². The third kappa shape index (κ3) is 22.0. The molecular formula is C49H73N15O11S2. The SMILES string of the molecule is CCc1ccccc1C[C@@H](NC(=O)[C@@H](N)CS)C(=O)N[C@@H](Cc1ccccc1)C(=O)N[C@@H](CCC(N)=O)C(=O)N[C@@H](CC(N)=O)C(=O)N[C@@H](CS)C(=O)N1CCC[C@H]1C(=O)N[C@H](CCCCN=C(N)N)C(=O)NCC(N)=O. The number of unbranched alkanes of at least 4 members (excludes halogenated alkanes) is 1. The van der Waals surface area contributed by atoms with Crippen LogP contribution in [0.4, 0.5) is 0 Å². The molecule has 0 radical (unpaired) electrons. The lowest BCUT2D eigenvalue weighted by Gasteiger charge is -2.30. The molecule has 8 atom stereocenters. The van der Waals surface area contributed by atoms with E-state index in [0.29, 0.717) is 31.2 Å². The smallest absolute Gasteiger partial charge is 0.246 e. The lowest BCUT2D eigenvalue weighted by molar-refractivity contribution is -0.142. The summed E-state index contributed by atoms with van der Waals surface area (Å²) in [5.41, 5.74) is 35.1. The predicted octanol–water partition coefficient (Wildman–Crippen LogP) is -4.69. The van der Waals surface area contributed by atoms with E-state index in [9.17, 15) is 52.7 Å². The molecule has 0 bridgehead atoms. The number of carbonyl (C=O) groups is 11. The Kier molecular flexibility index (Phi) is 27.2. The highest BCUT2D eigenvalue weighted by atomic mass is 32.1. The Morgan fingerprint density at radius 2 is 1.17 bits per heavy atom. The second-order valence-electron chi connectivity index (χ2n) is 18.2. The maximum atomic E-state index is 14.4. The second-order valence-corrected chi connectivity index (χ2v) is 18.9. The highest BCUT2D eigenvalue weighted by Gasteiger charge is 2.40. The molecule has 0 aromatic heterocycles. The first-order valence-electron chi connectivity index (χ1n) is 25.0. The molecule has 19 N–H and O–H groups in total. The Hall–Kier alpha value is -7.46. The molecule has 0 saturated carbocycles. The summed E-state index contributed by atoms with van der Waals surface area (Å²) in [6, 6.07) is 4.88. The number of nitrogens with two attached hydrogens (primary N) is 6. The molecule has 1 fully saturated rings. The average Bonchev–Trinajstić information content (AvgIpc) is 3.89. The number of primary amides is 3. The summed E-state index contributed by atoms with van der Waals surface area (Å²) in [7, 11) is 0. The third-order valence-corrected chi connectivity index (χ3v) is 13.0. The van der Waals surface area contributed by atoms with Crippen molar-refractivity contribution in [3.63, 3.8) is 0 Å².